The van der Waals surface area contributed by atoms with Gasteiger partial charge < -0.3 is 0 Å². The molecule has 7 heteroatoms. The van der Waals surface area contributed by atoms with Crippen molar-refractivity contribution in [2.45, 2.75) is 0 Å². The first-order chi connectivity index (χ1) is 23.8. The number of nitrogens with zero attached hydrogens (tertiary/aromatic N) is 7. The maximum absolute atomic E-state index is 5.03. The predicted molar refractivity (Wildman–Crippen MR) is 189 cm³/mol. The fraction of sp³-hybridized carbons (Fsp3) is 0. The first-order valence-electron chi connectivity index (χ1n) is 15.6. The minimum atomic E-state index is 0.447. The van der Waals surface area contributed by atoms with Crippen LogP contribution in [0.2, 0.25) is 0 Å². The topological polar surface area (TPSA) is 90.2 Å². The lowest BCUT2D eigenvalue weighted by Crippen LogP contribution is -2.03. The van der Waals surface area contributed by atoms with Crippen LogP contribution in [0.3, 0.4) is 0 Å². The van der Waals surface area contributed by atoms with Gasteiger partial charge in [0.05, 0.1) is 22.8 Å². The van der Waals surface area contributed by atoms with Crippen LogP contribution in [0.15, 0.2) is 164 Å². The quantitative estimate of drug-likeness (QED) is 0.176. The van der Waals surface area contributed by atoms with Gasteiger partial charge in [-0.15, -0.1) is 0 Å². The highest BCUT2D eigenvalue weighted by Gasteiger charge is 2.17. The Balaban J connectivity index is 1.33. The molecule has 0 aliphatic rings. The Kier molecular flexibility index (Phi) is 7.74. The van der Waals surface area contributed by atoms with Gasteiger partial charge in [0.25, 0.3) is 0 Å². The third-order valence-electron chi connectivity index (χ3n) is 7.84. The molecule has 0 unspecified atom stereocenters. The summed E-state index contributed by atoms with van der Waals surface area (Å²) in [4.78, 5) is 34.3. The van der Waals surface area contributed by atoms with Crippen molar-refractivity contribution in [1.82, 2.24) is 34.9 Å². The Bertz CT molecular complexity index is 2170. The van der Waals surface area contributed by atoms with Crippen molar-refractivity contribution >= 4 is 0 Å². The molecule has 0 fully saturated rings. The normalized spacial score (nSPS) is 10.9. The number of benzene rings is 3. The third kappa shape index (κ3) is 6.08. The van der Waals surface area contributed by atoms with Crippen molar-refractivity contribution < 1.29 is 0 Å². The van der Waals surface area contributed by atoms with Crippen LogP contribution in [0.1, 0.15) is 0 Å². The summed E-state index contributed by atoms with van der Waals surface area (Å²) in [6, 6.07) is 49.9. The molecule has 0 aliphatic carbocycles. The Morgan fingerprint density at radius 1 is 0.250 bits per heavy atom. The fourth-order valence-corrected chi connectivity index (χ4v) is 5.51. The summed E-state index contributed by atoms with van der Waals surface area (Å²) >= 11 is 0. The fourth-order valence-electron chi connectivity index (χ4n) is 5.51. The highest BCUT2D eigenvalue weighted by Crippen LogP contribution is 2.32. The first-order valence-corrected chi connectivity index (χ1v) is 15.6. The van der Waals surface area contributed by atoms with Gasteiger partial charge in [0.15, 0.2) is 17.5 Å². The van der Waals surface area contributed by atoms with Gasteiger partial charge in [-0.3, -0.25) is 9.97 Å². The molecule has 7 nitrogen and oxygen atoms in total. The van der Waals surface area contributed by atoms with E-state index in [1.165, 1.54) is 0 Å². The zero-order chi connectivity index (χ0) is 32.1. The van der Waals surface area contributed by atoms with E-state index in [2.05, 4.69) is 28.2 Å². The monoisotopic (exact) mass is 617 g/mol. The Morgan fingerprint density at radius 3 is 1.10 bits per heavy atom. The number of aromatic nitrogens is 7. The zero-order valence-electron chi connectivity index (χ0n) is 25.7. The number of pyridine rings is 4. The molecule has 0 aliphatic heterocycles. The second-order valence-corrected chi connectivity index (χ2v) is 11.1. The van der Waals surface area contributed by atoms with Gasteiger partial charge in [0.2, 0.25) is 0 Å². The van der Waals surface area contributed by atoms with E-state index in [1.54, 1.807) is 12.4 Å². The lowest BCUT2D eigenvalue weighted by atomic mass is 10.00. The molecule has 0 spiro atoms. The Labute approximate surface area is 277 Å². The second-order valence-electron chi connectivity index (χ2n) is 11.1. The molecule has 8 aromatic rings. The van der Waals surface area contributed by atoms with E-state index in [9.17, 15) is 0 Å². The average Bonchev–Trinajstić information content (AvgIpc) is 3.19. The van der Waals surface area contributed by atoms with Crippen LogP contribution in [-0.2, 0) is 0 Å². The van der Waals surface area contributed by atoms with Gasteiger partial charge >= 0.3 is 0 Å². The molecule has 0 radical (unpaired) electrons. The SMILES string of the molecule is c1ccc(-c2cccc(-c3nc(-c4cc(-c5ccccn5)cc(-c5ccccn5)c4)nc(-c4cccc(-c5ccccc5)n4)n3)n2)cc1. The van der Waals surface area contributed by atoms with Gasteiger partial charge in [-0.1, -0.05) is 84.9 Å². The van der Waals surface area contributed by atoms with Crippen LogP contribution >= 0.6 is 0 Å². The Hall–Kier alpha value is -6.73. The van der Waals surface area contributed by atoms with E-state index < -0.39 is 0 Å². The molecular weight excluding hydrogens is 591 g/mol. The van der Waals surface area contributed by atoms with Crippen molar-refractivity contribution in [3.8, 4) is 79.5 Å². The number of rotatable bonds is 7. The van der Waals surface area contributed by atoms with E-state index in [0.29, 0.717) is 28.9 Å². The van der Waals surface area contributed by atoms with Crippen molar-refractivity contribution in [1.29, 1.82) is 0 Å². The van der Waals surface area contributed by atoms with E-state index >= 15 is 0 Å². The summed E-state index contributed by atoms with van der Waals surface area (Å²) in [6.45, 7) is 0. The Morgan fingerprint density at radius 2 is 0.646 bits per heavy atom. The first kappa shape index (κ1) is 28.7. The van der Waals surface area contributed by atoms with Crippen LogP contribution in [0, 0.1) is 0 Å². The molecule has 0 amide bonds. The molecule has 0 saturated heterocycles. The van der Waals surface area contributed by atoms with Crippen molar-refractivity contribution in [2.24, 2.45) is 0 Å². The third-order valence-corrected chi connectivity index (χ3v) is 7.84. The lowest BCUT2D eigenvalue weighted by Gasteiger charge is -2.12. The smallest absolute Gasteiger partial charge is 0.182 e. The molecular formula is C41H27N7. The molecule has 0 saturated carbocycles. The molecule has 3 aromatic carbocycles. The van der Waals surface area contributed by atoms with Crippen molar-refractivity contribution in [3.63, 3.8) is 0 Å². The molecule has 0 N–H and O–H groups in total. The van der Waals surface area contributed by atoms with Crippen LogP contribution in [-0.4, -0.2) is 34.9 Å². The van der Waals surface area contributed by atoms with Crippen LogP contribution in [0.25, 0.3) is 79.5 Å². The standard InChI is InChI=1S/C41H27N7/c1-3-13-28(14-4-1)35-19-11-21-37(44-35)40-46-39(47-41(48-40)38-22-12-20-36(45-38)29-15-5-2-6-16-29)32-26-30(33-17-7-9-23-42-33)25-31(27-32)34-18-8-10-24-43-34/h1-27H. The lowest BCUT2D eigenvalue weighted by molar-refractivity contribution is 1.05. The summed E-state index contributed by atoms with van der Waals surface area (Å²) in [5.74, 6) is 1.38. The molecule has 8 rings (SSSR count). The van der Waals surface area contributed by atoms with Crippen LogP contribution in [0.4, 0.5) is 0 Å². The van der Waals surface area contributed by atoms with Gasteiger partial charge in [0.1, 0.15) is 11.4 Å². The van der Waals surface area contributed by atoms with E-state index in [-0.39, 0.29) is 0 Å². The highest BCUT2D eigenvalue weighted by atomic mass is 15.1. The maximum atomic E-state index is 5.03. The van der Waals surface area contributed by atoms with E-state index in [0.717, 1.165) is 50.6 Å². The molecule has 226 valence electrons. The number of hydrogen-bond acceptors (Lipinski definition) is 7. The molecule has 5 heterocycles. The summed E-state index contributed by atoms with van der Waals surface area (Å²) in [6.07, 6.45) is 3.58. The highest BCUT2D eigenvalue weighted by molar-refractivity contribution is 5.78. The van der Waals surface area contributed by atoms with Gasteiger partial charge in [-0.25, -0.2) is 24.9 Å². The largest absolute Gasteiger partial charge is 0.256 e. The van der Waals surface area contributed by atoms with Gasteiger partial charge in [-0.2, -0.15) is 0 Å². The number of hydrogen-bond donors (Lipinski definition) is 0. The van der Waals surface area contributed by atoms with Gasteiger partial charge in [0, 0.05) is 40.2 Å². The minimum Gasteiger partial charge on any atom is -0.256 e. The van der Waals surface area contributed by atoms with Crippen molar-refractivity contribution in [3.05, 3.63) is 164 Å². The van der Waals surface area contributed by atoms with Gasteiger partial charge in [-0.05, 0) is 66.7 Å². The van der Waals surface area contributed by atoms with Crippen LogP contribution < -0.4 is 0 Å². The van der Waals surface area contributed by atoms with E-state index in [4.69, 9.17) is 24.9 Å². The minimum absolute atomic E-state index is 0.447. The zero-order valence-corrected chi connectivity index (χ0v) is 25.7. The molecule has 0 atom stereocenters. The predicted octanol–water partition coefficient (Wildman–Crippen LogP) is 9.12. The summed E-state index contributed by atoms with van der Waals surface area (Å²) in [7, 11) is 0. The summed E-state index contributed by atoms with van der Waals surface area (Å²) in [5, 5.41) is 0. The molecule has 0 bridgehead atoms. The maximum Gasteiger partial charge on any atom is 0.182 e. The summed E-state index contributed by atoms with van der Waals surface area (Å²) in [5.41, 5.74) is 9.24. The van der Waals surface area contributed by atoms with Crippen LogP contribution in [0.5, 0.6) is 0 Å². The summed E-state index contributed by atoms with van der Waals surface area (Å²) < 4.78 is 0. The molecule has 48 heavy (non-hydrogen) atoms. The second kappa shape index (κ2) is 12.9. The van der Waals surface area contributed by atoms with Crippen molar-refractivity contribution in [2.75, 3.05) is 0 Å². The average molecular weight is 618 g/mol. The van der Waals surface area contributed by atoms with E-state index in [1.807, 2.05) is 133 Å². The molecule has 5 aromatic heterocycles.